The number of aromatic nitrogens is 4. The fraction of sp³-hybridized carbons (Fsp3) is 0.346. The van der Waals surface area contributed by atoms with Crippen LogP contribution in [0.4, 0.5) is 0 Å². The van der Waals surface area contributed by atoms with Crippen molar-refractivity contribution in [3.05, 3.63) is 66.1 Å². The molecule has 0 amide bonds. The van der Waals surface area contributed by atoms with Gasteiger partial charge in [-0.25, -0.2) is 4.98 Å². The van der Waals surface area contributed by atoms with Crippen LogP contribution in [0.1, 0.15) is 31.0 Å². The van der Waals surface area contributed by atoms with E-state index in [1.807, 2.05) is 37.5 Å². The standard InChI is InChI=1S/C26H32N6O2/c1-17(2)27-8-9-28-26(19-10-21(33-4)13-22(11-19)34-5)18-6-7-23-24(12-18)31-25(15-29-23)20-14-30-32(3)16-20/h6-7,10-17,26-28H,8-9H2,1-5H3/t26-/m1/s1. The van der Waals surface area contributed by atoms with Crippen LogP contribution in [0.3, 0.4) is 0 Å². The summed E-state index contributed by atoms with van der Waals surface area (Å²) in [5, 5.41) is 11.4. The molecular formula is C26H32N6O2. The molecule has 4 rings (SSSR count). The monoisotopic (exact) mass is 460 g/mol. The Balaban J connectivity index is 1.72. The molecule has 0 radical (unpaired) electrons. The van der Waals surface area contributed by atoms with E-state index in [1.54, 1.807) is 31.3 Å². The Morgan fingerprint density at radius 3 is 2.26 bits per heavy atom. The van der Waals surface area contributed by atoms with E-state index in [0.717, 1.165) is 58.0 Å². The van der Waals surface area contributed by atoms with Gasteiger partial charge in [-0.2, -0.15) is 5.10 Å². The zero-order chi connectivity index (χ0) is 24.1. The molecular weight excluding hydrogens is 428 g/mol. The van der Waals surface area contributed by atoms with E-state index < -0.39 is 0 Å². The van der Waals surface area contributed by atoms with Crippen molar-refractivity contribution in [2.45, 2.75) is 25.9 Å². The van der Waals surface area contributed by atoms with Crippen LogP contribution in [-0.4, -0.2) is 53.1 Å². The summed E-state index contributed by atoms with van der Waals surface area (Å²) >= 11 is 0. The van der Waals surface area contributed by atoms with Crippen LogP contribution in [-0.2, 0) is 7.05 Å². The first-order valence-electron chi connectivity index (χ1n) is 11.4. The first kappa shape index (κ1) is 23.7. The van der Waals surface area contributed by atoms with Crippen molar-refractivity contribution in [3.63, 3.8) is 0 Å². The van der Waals surface area contributed by atoms with Gasteiger partial charge in [0.05, 0.1) is 49.4 Å². The third-order valence-corrected chi connectivity index (χ3v) is 5.63. The molecule has 0 bridgehead atoms. The number of rotatable bonds is 10. The molecule has 0 saturated heterocycles. The van der Waals surface area contributed by atoms with Crippen molar-refractivity contribution in [2.75, 3.05) is 27.3 Å². The maximum atomic E-state index is 5.53. The number of benzene rings is 2. The van der Waals surface area contributed by atoms with Crippen molar-refractivity contribution in [1.29, 1.82) is 0 Å². The molecule has 2 aromatic heterocycles. The Labute approximate surface area is 200 Å². The van der Waals surface area contributed by atoms with Crippen molar-refractivity contribution < 1.29 is 9.47 Å². The zero-order valence-corrected chi connectivity index (χ0v) is 20.4. The summed E-state index contributed by atoms with van der Waals surface area (Å²) in [4.78, 5) is 9.50. The lowest BCUT2D eigenvalue weighted by Crippen LogP contribution is -2.34. The molecule has 8 heteroatoms. The Bertz CT molecular complexity index is 1230. The number of hydrogen-bond acceptors (Lipinski definition) is 7. The molecule has 1 atom stereocenters. The lowest BCUT2D eigenvalue weighted by Gasteiger charge is -2.22. The van der Waals surface area contributed by atoms with Gasteiger partial charge in [0.25, 0.3) is 0 Å². The minimum absolute atomic E-state index is 0.0776. The second kappa shape index (κ2) is 10.6. The van der Waals surface area contributed by atoms with Crippen LogP contribution >= 0.6 is 0 Å². The highest BCUT2D eigenvalue weighted by atomic mass is 16.5. The molecule has 178 valence electrons. The maximum Gasteiger partial charge on any atom is 0.122 e. The largest absolute Gasteiger partial charge is 0.497 e. The van der Waals surface area contributed by atoms with Gasteiger partial charge in [-0.3, -0.25) is 9.67 Å². The van der Waals surface area contributed by atoms with Crippen molar-refractivity contribution in [3.8, 4) is 22.8 Å². The van der Waals surface area contributed by atoms with Crippen LogP contribution in [0.5, 0.6) is 11.5 Å². The SMILES string of the molecule is COc1cc(OC)cc([C@H](NCCNC(C)C)c2ccc3ncc(-c4cnn(C)c4)nc3c2)c1. The smallest absolute Gasteiger partial charge is 0.122 e. The Morgan fingerprint density at radius 1 is 0.882 bits per heavy atom. The highest BCUT2D eigenvalue weighted by Crippen LogP contribution is 2.31. The van der Waals surface area contributed by atoms with E-state index in [-0.39, 0.29) is 6.04 Å². The predicted molar refractivity (Wildman–Crippen MR) is 134 cm³/mol. The highest BCUT2D eigenvalue weighted by Gasteiger charge is 2.17. The summed E-state index contributed by atoms with van der Waals surface area (Å²) in [5.41, 5.74) is 5.56. The third kappa shape index (κ3) is 5.52. The number of nitrogens with zero attached hydrogens (tertiary/aromatic N) is 4. The molecule has 0 saturated carbocycles. The van der Waals surface area contributed by atoms with Crippen LogP contribution in [0.25, 0.3) is 22.3 Å². The van der Waals surface area contributed by atoms with E-state index in [4.69, 9.17) is 14.5 Å². The maximum absolute atomic E-state index is 5.53. The summed E-state index contributed by atoms with van der Waals surface area (Å²) in [7, 11) is 5.22. The Morgan fingerprint density at radius 2 is 1.62 bits per heavy atom. The van der Waals surface area contributed by atoms with Gasteiger partial charge in [-0.15, -0.1) is 0 Å². The molecule has 0 aliphatic heterocycles. The van der Waals surface area contributed by atoms with Gasteiger partial charge in [0.2, 0.25) is 0 Å². The second-order valence-corrected chi connectivity index (χ2v) is 8.55. The molecule has 0 unspecified atom stereocenters. The van der Waals surface area contributed by atoms with E-state index >= 15 is 0 Å². The quantitative estimate of drug-likeness (QED) is 0.349. The molecule has 2 aromatic carbocycles. The molecule has 8 nitrogen and oxygen atoms in total. The van der Waals surface area contributed by atoms with Crippen LogP contribution < -0.4 is 20.1 Å². The van der Waals surface area contributed by atoms with Gasteiger partial charge in [0.1, 0.15) is 11.5 Å². The second-order valence-electron chi connectivity index (χ2n) is 8.55. The van der Waals surface area contributed by atoms with Crippen molar-refractivity contribution in [1.82, 2.24) is 30.4 Å². The normalized spacial score (nSPS) is 12.3. The molecule has 34 heavy (non-hydrogen) atoms. The van der Waals surface area contributed by atoms with E-state index in [9.17, 15) is 0 Å². The van der Waals surface area contributed by atoms with Gasteiger partial charge in [-0.1, -0.05) is 19.9 Å². The molecule has 2 N–H and O–H groups in total. The fourth-order valence-electron chi connectivity index (χ4n) is 3.90. The van der Waals surface area contributed by atoms with E-state index in [0.29, 0.717) is 6.04 Å². The Kier molecular flexibility index (Phi) is 7.40. The van der Waals surface area contributed by atoms with E-state index in [1.165, 1.54) is 0 Å². The number of methoxy groups -OCH3 is 2. The third-order valence-electron chi connectivity index (χ3n) is 5.63. The Hall–Kier alpha value is -3.49. The van der Waals surface area contributed by atoms with Crippen LogP contribution in [0.15, 0.2) is 55.0 Å². The molecule has 0 aliphatic rings. The summed E-state index contributed by atoms with van der Waals surface area (Å²) in [6.45, 7) is 5.94. The molecule has 0 aliphatic carbocycles. The van der Waals surface area contributed by atoms with Gasteiger partial charge in [0, 0.05) is 44.0 Å². The summed E-state index contributed by atoms with van der Waals surface area (Å²) < 4.78 is 12.8. The number of hydrogen-bond donors (Lipinski definition) is 2. The molecule has 2 heterocycles. The molecule has 0 fully saturated rings. The number of ether oxygens (including phenoxy) is 2. The van der Waals surface area contributed by atoms with Gasteiger partial charge in [0.15, 0.2) is 0 Å². The van der Waals surface area contributed by atoms with Gasteiger partial charge in [-0.05, 0) is 35.4 Å². The lowest BCUT2D eigenvalue weighted by molar-refractivity contribution is 0.392. The summed E-state index contributed by atoms with van der Waals surface area (Å²) in [5.74, 6) is 1.50. The zero-order valence-electron chi connectivity index (χ0n) is 20.4. The van der Waals surface area contributed by atoms with Gasteiger partial charge >= 0.3 is 0 Å². The number of nitrogens with one attached hydrogen (secondary N) is 2. The predicted octanol–water partition coefficient (Wildman–Crippen LogP) is 3.72. The topological polar surface area (TPSA) is 86.1 Å². The minimum Gasteiger partial charge on any atom is -0.497 e. The molecule has 0 spiro atoms. The average molecular weight is 461 g/mol. The summed E-state index contributed by atoms with van der Waals surface area (Å²) in [6.07, 6.45) is 5.53. The van der Waals surface area contributed by atoms with Gasteiger partial charge < -0.3 is 20.1 Å². The highest BCUT2D eigenvalue weighted by molar-refractivity contribution is 5.78. The van der Waals surface area contributed by atoms with Crippen molar-refractivity contribution >= 4 is 11.0 Å². The van der Waals surface area contributed by atoms with E-state index in [2.05, 4.69) is 46.7 Å². The van der Waals surface area contributed by atoms with Crippen LogP contribution in [0.2, 0.25) is 0 Å². The summed E-state index contributed by atoms with van der Waals surface area (Å²) in [6, 6.07) is 12.5. The fourth-order valence-corrected chi connectivity index (χ4v) is 3.90. The van der Waals surface area contributed by atoms with Crippen LogP contribution in [0, 0.1) is 0 Å². The lowest BCUT2D eigenvalue weighted by atomic mass is 9.97. The average Bonchev–Trinajstić information content (AvgIpc) is 3.29. The first-order valence-corrected chi connectivity index (χ1v) is 11.4. The minimum atomic E-state index is -0.0776. The molecule has 4 aromatic rings. The first-order chi connectivity index (χ1) is 16.5. The number of aryl methyl sites for hydroxylation is 1. The number of fused-ring (bicyclic) bond motifs is 1. The van der Waals surface area contributed by atoms with Crippen molar-refractivity contribution in [2.24, 2.45) is 7.05 Å².